The van der Waals surface area contributed by atoms with Gasteiger partial charge in [-0.25, -0.2) is 9.69 Å². The number of hydrogen-bond donors (Lipinski definition) is 1. The lowest BCUT2D eigenvalue weighted by Gasteiger charge is -2.07. The van der Waals surface area contributed by atoms with Crippen LogP contribution in [0, 0.1) is 13.1 Å². The summed E-state index contributed by atoms with van der Waals surface area (Å²) in [6.07, 6.45) is 0. The minimum Gasteiger partial charge on any atom is -0.457 e. The van der Waals surface area contributed by atoms with Crippen LogP contribution < -0.4 is 20.4 Å². The standard InChI is InChI=1S/C15H12BNO2.C14H10BNO3.2C2H6.CH4/c1-16-15-8-7-14(9-11(15)10-18-16)19-13-5-3-12(17-2)4-6-13;1-16-11-2-4-12(5-3-11)19-13-6-7-14-10(8-13)9-18-15(14)17;2*1-2;/h3-9H,10H2,1H3;2-8,17H,9H2;2*1-2H3;1H4. The summed E-state index contributed by atoms with van der Waals surface area (Å²) in [6, 6.07) is 25.5. The van der Waals surface area contributed by atoms with Crippen LogP contribution in [0.25, 0.3) is 9.69 Å². The largest absolute Gasteiger partial charge is 0.491 e. The number of hydrogen-bond acceptors (Lipinski definition) is 5. The van der Waals surface area contributed by atoms with Crippen molar-refractivity contribution in [3.8, 4) is 23.0 Å². The molecule has 4 aromatic carbocycles. The van der Waals surface area contributed by atoms with Crippen LogP contribution in [0.5, 0.6) is 23.0 Å². The Hall–Kier alpha value is -4.53. The summed E-state index contributed by atoms with van der Waals surface area (Å²) in [4.78, 5) is 6.68. The molecule has 0 amide bonds. The van der Waals surface area contributed by atoms with Gasteiger partial charge < -0.3 is 23.8 Å². The van der Waals surface area contributed by atoms with Crippen LogP contribution >= 0.6 is 0 Å². The van der Waals surface area contributed by atoms with Crippen LogP contribution in [0.2, 0.25) is 6.82 Å². The average molecular weight is 576 g/mol. The molecule has 0 radical (unpaired) electrons. The molecule has 4 aromatic rings. The van der Waals surface area contributed by atoms with Gasteiger partial charge in [0.15, 0.2) is 11.4 Å². The zero-order valence-corrected chi connectivity index (χ0v) is 24.6. The van der Waals surface area contributed by atoms with E-state index in [0.717, 1.165) is 22.5 Å². The van der Waals surface area contributed by atoms with Gasteiger partial charge >= 0.3 is 14.0 Å². The van der Waals surface area contributed by atoms with Gasteiger partial charge in [0.25, 0.3) is 0 Å². The fourth-order valence-electron chi connectivity index (χ4n) is 4.19. The van der Waals surface area contributed by atoms with E-state index in [0.29, 0.717) is 36.1 Å². The lowest BCUT2D eigenvalue weighted by Crippen LogP contribution is -2.27. The Morgan fingerprint density at radius 1 is 0.628 bits per heavy atom. The number of rotatable bonds is 4. The molecule has 6 rings (SSSR count). The first-order valence-electron chi connectivity index (χ1n) is 14.0. The molecule has 2 aliphatic heterocycles. The molecule has 0 aliphatic carbocycles. The molecule has 0 atom stereocenters. The van der Waals surface area contributed by atoms with Crippen molar-refractivity contribution < 1.29 is 23.8 Å². The fraction of sp³-hybridized carbons (Fsp3) is 0.235. The first-order valence-corrected chi connectivity index (χ1v) is 14.0. The van der Waals surface area contributed by atoms with E-state index < -0.39 is 7.12 Å². The van der Waals surface area contributed by atoms with Crippen molar-refractivity contribution in [2.45, 2.75) is 55.2 Å². The summed E-state index contributed by atoms with van der Waals surface area (Å²) in [5, 5.41) is 9.53. The Labute approximate surface area is 256 Å². The molecule has 1 N–H and O–H groups in total. The summed E-state index contributed by atoms with van der Waals surface area (Å²) >= 11 is 0. The summed E-state index contributed by atoms with van der Waals surface area (Å²) in [5.41, 5.74) is 5.33. The second-order valence-corrected chi connectivity index (χ2v) is 8.75. The Bertz CT molecular complexity index is 1410. The van der Waals surface area contributed by atoms with E-state index in [1.165, 1.54) is 11.0 Å². The second kappa shape index (κ2) is 17.4. The maximum atomic E-state index is 9.53. The fourth-order valence-corrected chi connectivity index (χ4v) is 4.19. The van der Waals surface area contributed by atoms with E-state index >= 15 is 0 Å². The van der Waals surface area contributed by atoms with E-state index in [1.807, 2.05) is 45.9 Å². The van der Waals surface area contributed by atoms with Gasteiger partial charge in [0.2, 0.25) is 0 Å². The van der Waals surface area contributed by atoms with Crippen molar-refractivity contribution in [2.75, 3.05) is 0 Å². The summed E-state index contributed by atoms with van der Waals surface area (Å²) in [6.45, 7) is 25.0. The maximum absolute atomic E-state index is 9.53. The Morgan fingerprint density at radius 2 is 1.02 bits per heavy atom. The van der Waals surface area contributed by atoms with Gasteiger partial charge in [0.1, 0.15) is 23.0 Å². The Morgan fingerprint density at radius 3 is 1.49 bits per heavy atom. The van der Waals surface area contributed by atoms with Gasteiger partial charge in [-0.05, 0) is 70.6 Å². The second-order valence-electron chi connectivity index (χ2n) is 8.75. The molecule has 2 aliphatic rings. The predicted octanol–water partition coefficient (Wildman–Crippen LogP) is 8.32. The molecule has 0 bridgehead atoms. The molecule has 220 valence electrons. The van der Waals surface area contributed by atoms with Crippen LogP contribution in [-0.2, 0) is 22.5 Å². The average Bonchev–Trinajstić information content (AvgIpc) is 3.61. The minimum atomic E-state index is -0.831. The number of fused-ring (bicyclic) bond motifs is 2. The molecule has 43 heavy (non-hydrogen) atoms. The first kappa shape index (κ1) is 34.7. The zero-order chi connectivity index (χ0) is 30.5. The van der Waals surface area contributed by atoms with Crippen LogP contribution in [0.4, 0.5) is 11.4 Å². The highest BCUT2D eigenvalue weighted by molar-refractivity contribution is 6.67. The molecular weight excluding hydrogens is 538 g/mol. The topological polar surface area (TPSA) is 65.9 Å². The summed E-state index contributed by atoms with van der Waals surface area (Å²) in [5.74, 6) is 2.89. The highest BCUT2D eigenvalue weighted by atomic mass is 16.5. The van der Waals surface area contributed by atoms with E-state index in [9.17, 15) is 5.02 Å². The normalized spacial score (nSPS) is 11.7. The highest BCUT2D eigenvalue weighted by Crippen LogP contribution is 2.27. The summed E-state index contributed by atoms with van der Waals surface area (Å²) in [7, 11) is -0.831. The number of ether oxygens (including phenoxy) is 2. The van der Waals surface area contributed by atoms with Crippen molar-refractivity contribution in [1.29, 1.82) is 0 Å². The van der Waals surface area contributed by atoms with Gasteiger partial charge in [-0.15, -0.1) is 0 Å². The molecule has 9 heteroatoms. The van der Waals surface area contributed by atoms with Gasteiger partial charge in [0, 0.05) is 0 Å². The van der Waals surface area contributed by atoms with Gasteiger partial charge in [0.05, 0.1) is 26.4 Å². The lowest BCUT2D eigenvalue weighted by molar-refractivity contribution is 0.275. The third-order valence-electron chi connectivity index (χ3n) is 6.22. The van der Waals surface area contributed by atoms with E-state index in [1.54, 1.807) is 60.7 Å². The molecule has 7 nitrogen and oxygen atoms in total. The van der Waals surface area contributed by atoms with Crippen LogP contribution in [0.3, 0.4) is 0 Å². The van der Waals surface area contributed by atoms with Gasteiger partial charge in [-0.2, -0.15) is 0 Å². The van der Waals surface area contributed by atoms with Crippen LogP contribution in [0.15, 0.2) is 84.9 Å². The maximum Gasteiger partial charge on any atom is 0.491 e. The minimum absolute atomic E-state index is 0. The third kappa shape index (κ3) is 9.23. The van der Waals surface area contributed by atoms with Crippen LogP contribution in [0.1, 0.15) is 46.2 Å². The smallest absolute Gasteiger partial charge is 0.457 e. The van der Waals surface area contributed by atoms with Crippen molar-refractivity contribution in [3.63, 3.8) is 0 Å². The Kier molecular flexibility index (Phi) is 14.1. The van der Waals surface area contributed by atoms with E-state index in [2.05, 4.69) is 22.6 Å². The molecule has 0 saturated heterocycles. The molecule has 0 fully saturated rings. The predicted molar refractivity (Wildman–Crippen MR) is 176 cm³/mol. The van der Waals surface area contributed by atoms with E-state index in [4.69, 9.17) is 31.9 Å². The number of nitrogens with zero attached hydrogens (tertiary/aromatic N) is 2. The quantitative estimate of drug-likeness (QED) is 0.196. The zero-order valence-electron chi connectivity index (χ0n) is 24.6. The SMILES string of the molecule is C.CC.CC.[C-]#[N+]c1ccc(Oc2ccc3c(c2)COB3C)cc1.[C-]#[N+]c1ccc(Oc2ccc3c(c2)COB3O)cc1. The molecule has 0 unspecified atom stereocenters. The molecule has 0 saturated carbocycles. The van der Waals surface area contributed by atoms with Crippen LogP contribution in [-0.4, -0.2) is 19.1 Å². The summed E-state index contributed by atoms with van der Waals surface area (Å²) < 4.78 is 22.2. The molecule has 2 heterocycles. The van der Waals surface area contributed by atoms with E-state index in [-0.39, 0.29) is 14.3 Å². The molecular formula is C34H38B2N2O5. The molecule has 0 aromatic heterocycles. The van der Waals surface area contributed by atoms with Crippen molar-refractivity contribution in [2.24, 2.45) is 0 Å². The first-order chi connectivity index (χ1) is 20.5. The number of benzene rings is 4. The highest BCUT2D eigenvalue weighted by Gasteiger charge is 2.27. The Balaban J connectivity index is 0.000000264. The monoisotopic (exact) mass is 576 g/mol. The van der Waals surface area contributed by atoms with Crippen molar-refractivity contribution in [1.82, 2.24) is 0 Å². The lowest BCUT2D eigenvalue weighted by atomic mass is 9.64. The van der Waals surface area contributed by atoms with Crippen molar-refractivity contribution in [3.05, 3.63) is 119 Å². The third-order valence-corrected chi connectivity index (χ3v) is 6.22. The van der Waals surface area contributed by atoms with Gasteiger partial charge in [-0.1, -0.05) is 78.3 Å². The van der Waals surface area contributed by atoms with Gasteiger partial charge in [-0.3, -0.25) is 0 Å². The molecule has 0 spiro atoms. The van der Waals surface area contributed by atoms with Crippen molar-refractivity contribution >= 4 is 36.3 Å².